The number of pyridine rings is 1. The molecule has 3 aliphatic rings. The molecular formula is C19H24N2O3. The monoisotopic (exact) mass is 328 g/mol. The van der Waals surface area contributed by atoms with Gasteiger partial charge in [0, 0.05) is 31.0 Å². The molecule has 0 saturated carbocycles. The maximum atomic E-state index is 12.4. The van der Waals surface area contributed by atoms with Crippen LogP contribution >= 0.6 is 0 Å². The van der Waals surface area contributed by atoms with Gasteiger partial charge in [0.25, 0.3) is 0 Å². The number of hydrogen-bond acceptors (Lipinski definition) is 4. The van der Waals surface area contributed by atoms with Crippen molar-refractivity contribution in [1.82, 2.24) is 9.88 Å². The molecule has 1 amide bonds. The van der Waals surface area contributed by atoms with Crippen LogP contribution in [0.15, 0.2) is 36.2 Å². The summed E-state index contributed by atoms with van der Waals surface area (Å²) in [5, 5.41) is 0. The molecule has 0 aromatic carbocycles. The number of carbonyl (C=O) groups excluding carboxylic acids is 1. The minimum Gasteiger partial charge on any atom is -0.373 e. The molecule has 1 aromatic rings. The summed E-state index contributed by atoms with van der Waals surface area (Å²) in [6, 6.07) is 3.96. The lowest BCUT2D eigenvalue weighted by atomic mass is 9.84. The molecule has 1 spiro atoms. The molecule has 1 unspecified atom stereocenters. The topological polar surface area (TPSA) is 51.7 Å². The Labute approximate surface area is 142 Å². The smallest absolute Gasteiger partial charge is 0.249 e. The van der Waals surface area contributed by atoms with E-state index >= 15 is 0 Å². The zero-order valence-electron chi connectivity index (χ0n) is 13.9. The summed E-state index contributed by atoms with van der Waals surface area (Å²) >= 11 is 0. The van der Waals surface area contributed by atoms with E-state index in [1.807, 2.05) is 23.2 Å². The van der Waals surface area contributed by atoms with E-state index in [4.69, 9.17) is 9.47 Å². The van der Waals surface area contributed by atoms with E-state index < -0.39 is 0 Å². The standard InChI is InChI=1S/C19H24N2O3/c22-18(16-5-1-2-6-16)21-13-19(14-21)10-17(7-9-24-19)23-12-15-4-3-8-20-11-15/h3-5,8,11,17H,1-2,6-7,9-10,12-14H2. The molecular weight excluding hydrogens is 304 g/mol. The fourth-order valence-electron chi connectivity index (χ4n) is 3.90. The normalized spacial score (nSPS) is 25.4. The molecule has 3 heterocycles. The SMILES string of the molecule is O=C(C1=CCCC1)N1CC2(CC(OCc3cccnc3)CCO2)C1. The highest BCUT2D eigenvalue weighted by atomic mass is 16.5. The summed E-state index contributed by atoms with van der Waals surface area (Å²) in [5.41, 5.74) is 1.90. The van der Waals surface area contributed by atoms with Crippen LogP contribution in [0.1, 0.15) is 37.7 Å². The van der Waals surface area contributed by atoms with Gasteiger partial charge in [0.1, 0.15) is 5.60 Å². The number of likely N-dealkylation sites (tertiary alicyclic amines) is 1. The lowest BCUT2D eigenvalue weighted by Crippen LogP contribution is -2.67. The Kier molecular flexibility index (Phi) is 4.37. The zero-order chi connectivity index (χ0) is 16.4. The van der Waals surface area contributed by atoms with Crippen LogP contribution < -0.4 is 0 Å². The largest absolute Gasteiger partial charge is 0.373 e. The third kappa shape index (κ3) is 3.23. The molecule has 5 heteroatoms. The van der Waals surface area contributed by atoms with Crippen molar-refractivity contribution in [3.05, 3.63) is 41.7 Å². The number of rotatable bonds is 4. The predicted octanol–water partition coefficient (Wildman–Crippen LogP) is 2.47. The summed E-state index contributed by atoms with van der Waals surface area (Å²) in [6.07, 6.45) is 10.8. The van der Waals surface area contributed by atoms with E-state index in [0.29, 0.717) is 26.3 Å². The quantitative estimate of drug-likeness (QED) is 0.852. The lowest BCUT2D eigenvalue weighted by Gasteiger charge is -2.53. The predicted molar refractivity (Wildman–Crippen MR) is 89.2 cm³/mol. The van der Waals surface area contributed by atoms with Crippen LogP contribution in [-0.2, 0) is 20.9 Å². The van der Waals surface area contributed by atoms with Gasteiger partial charge >= 0.3 is 0 Å². The summed E-state index contributed by atoms with van der Waals surface area (Å²) in [6.45, 7) is 2.71. The van der Waals surface area contributed by atoms with Crippen molar-refractivity contribution in [1.29, 1.82) is 0 Å². The first-order chi connectivity index (χ1) is 11.7. The van der Waals surface area contributed by atoms with Crippen LogP contribution in [0.5, 0.6) is 0 Å². The van der Waals surface area contributed by atoms with Gasteiger partial charge in [0.2, 0.25) is 5.91 Å². The number of aromatic nitrogens is 1. The Hall–Kier alpha value is -1.72. The third-order valence-electron chi connectivity index (χ3n) is 5.22. The molecule has 4 rings (SSSR count). The van der Waals surface area contributed by atoms with E-state index in [1.54, 1.807) is 6.20 Å². The van der Waals surface area contributed by atoms with Gasteiger partial charge in [0.05, 0.1) is 25.8 Å². The van der Waals surface area contributed by atoms with Gasteiger partial charge in [-0.2, -0.15) is 0 Å². The summed E-state index contributed by atoms with van der Waals surface area (Å²) in [5.74, 6) is 0.208. The summed E-state index contributed by atoms with van der Waals surface area (Å²) in [7, 11) is 0. The summed E-state index contributed by atoms with van der Waals surface area (Å²) < 4.78 is 12.1. The first-order valence-corrected chi connectivity index (χ1v) is 8.87. The number of nitrogens with zero attached hydrogens (tertiary/aromatic N) is 2. The molecule has 1 aliphatic carbocycles. The number of hydrogen-bond donors (Lipinski definition) is 0. The Morgan fingerprint density at radius 1 is 1.46 bits per heavy atom. The van der Waals surface area contributed by atoms with Crippen molar-refractivity contribution in [3.8, 4) is 0 Å². The molecule has 24 heavy (non-hydrogen) atoms. The number of carbonyl (C=O) groups is 1. The van der Waals surface area contributed by atoms with Gasteiger partial charge in [-0.3, -0.25) is 9.78 Å². The van der Waals surface area contributed by atoms with Crippen molar-refractivity contribution in [2.24, 2.45) is 0 Å². The molecule has 2 aliphatic heterocycles. The Morgan fingerprint density at radius 2 is 2.38 bits per heavy atom. The maximum absolute atomic E-state index is 12.4. The van der Waals surface area contributed by atoms with Crippen molar-refractivity contribution in [3.63, 3.8) is 0 Å². The van der Waals surface area contributed by atoms with E-state index in [-0.39, 0.29) is 17.6 Å². The highest BCUT2D eigenvalue weighted by Crippen LogP contribution is 2.37. The molecule has 2 fully saturated rings. The van der Waals surface area contributed by atoms with Crippen LogP contribution in [0, 0.1) is 0 Å². The van der Waals surface area contributed by atoms with Gasteiger partial charge in [-0.1, -0.05) is 12.1 Å². The van der Waals surface area contributed by atoms with Gasteiger partial charge in [-0.05, 0) is 37.3 Å². The van der Waals surface area contributed by atoms with Crippen LogP contribution in [0.25, 0.3) is 0 Å². The molecule has 128 valence electrons. The molecule has 0 N–H and O–H groups in total. The second kappa shape index (κ2) is 6.65. The summed E-state index contributed by atoms with van der Waals surface area (Å²) in [4.78, 5) is 18.5. The number of amides is 1. The molecule has 1 atom stereocenters. The minimum absolute atomic E-state index is 0.188. The zero-order valence-corrected chi connectivity index (χ0v) is 13.9. The highest BCUT2D eigenvalue weighted by Gasteiger charge is 2.49. The second-order valence-corrected chi connectivity index (χ2v) is 7.10. The van der Waals surface area contributed by atoms with Gasteiger partial charge in [-0.25, -0.2) is 0 Å². The van der Waals surface area contributed by atoms with Crippen LogP contribution in [0.3, 0.4) is 0 Å². The fraction of sp³-hybridized carbons (Fsp3) is 0.579. The van der Waals surface area contributed by atoms with Crippen LogP contribution in [-0.4, -0.2) is 47.2 Å². The Morgan fingerprint density at radius 3 is 3.12 bits per heavy atom. The van der Waals surface area contributed by atoms with Gasteiger partial charge < -0.3 is 14.4 Å². The van der Waals surface area contributed by atoms with E-state index in [1.165, 1.54) is 0 Å². The molecule has 0 bridgehead atoms. The minimum atomic E-state index is -0.188. The molecule has 0 radical (unpaired) electrons. The maximum Gasteiger partial charge on any atom is 0.249 e. The van der Waals surface area contributed by atoms with Crippen LogP contribution in [0.4, 0.5) is 0 Å². The first-order valence-electron chi connectivity index (χ1n) is 8.87. The average Bonchev–Trinajstić information content (AvgIpc) is 3.13. The number of ether oxygens (including phenoxy) is 2. The fourth-order valence-corrected chi connectivity index (χ4v) is 3.90. The van der Waals surface area contributed by atoms with E-state index in [9.17, 15) is 4.79 Å². The van der Waals surface area contributed by atoms with Gasteiger partial charge in [0.15, 0.2) is 0 Å². The third-order valence-corrected chi connectivity index (χ3v) is 5.22. The molecule has 2 saturated heterocycles. The van der Waals surface area contributed by atoms with Crippen molar-refractivity contribution in [2.45, 2.75) is 50.4 Å². The molecule has 5 nitrogen and oxygen atoms in total. The van der Waals surface area contributed by atoms with Crippen molar-refractivity contribution >= 4 is 5.91 Å². The van der Waals surface area contributed by atoms with Crippen molar-refractivity contribution in [2.75, 3.05) is 19.7 Å². The Balaban J connectivity index is 1.29. The van der Waals surface area contributed by atoms with Crippen molar-refractivity contribution < 1.29 is 14.3 Å². The Bertz CT molecular complexity index is 623. The molecule has 1 aromatic heterocycles. The van der Waals surface area contributed by atoms with Crippen LogP contribution in [0.2, 0.25) is 0 Å². The van der Waals surface area contributed by atoms with E-state index in [2.05, 4.69) is 11.1 Å². The van der Waals surface area contributed by atoms with Gasteiger partial charge in [-0.15, -0.1) is 0 Å². The number of allylic oxidation sites excluding steroid dienone is 1. The van der Waals surface area contributed by atoms with E-state index in [0.717, 1.165) is 43.2 Å². The second-order valence-electron chi connectivity index (χ2n) is 7.10. The highest BCUT2D eigenvalue weighted by molar-refractivity contribution is 5.94. The first kappa shape index (κ1) is 15.8. The lowest BCUT2D eigenvalue weighted by molar-refractivity contribution is -0.200. The average molecular weight is 328 g/mol.